The second kappa shape index (κ2) is 4.24. The summed E-state index contributed by atoms with van der Waals surface area (Å²) in [6, 6.07) is 2.92. The van der Waals surface area contributed by atoms with E-state index in [1.54, 1.807) is 0 Å². The molecule has 1 aromatic carbocycles. The fraction of sp³-hybridized carbons (Fsp3) is 0.300. The van der Waals surface area contributed by atoms with Crippen LogP contribution in [0.2, 0.25) is 5.02 Å². The molecule has 0 spiro atoms. The number of benzene rings is 1. The number of phenols is 1. The summed E-state index contributed by atoms with van der Waals surface area (Å²) in [6.07, 6.45) is -0.464. The van der Waals surface area contributed by atoms with Gasteiger partial charge >= 0.3 is 0 Å². The third-order valence-electron chi connectivity index (χ3n) is 2.41. The smallest absolute Gasteiger partial charge is 0.257 e. The van der Waals surface area contributed by atoms with Crippen LogP contribution in [0.1, 0.15) is 10.4 Å². The van der Waals surface area contributed by atoms with E-state index >= 15 is 0 Å². The molecule has 0 aromatic heterocycles. The number of aromatic hydroxyl groups is 1. The normalized spacial score (nSPS) is 16.1. The number of likely N-dealkylation sites (tertiary alicyclic amines) is 1. The number of hydrogen-bond acceptors (Lipinski definition) is 3. The zero-order valence-electron chi connectivity index (χ0n) is 8.15. The second-order valence-corrected chi connectivity index (χ2v) is 4.94. The molecule has 1 heterocycles. The van der Waals surface area contributed by atoms with Crippen molar-refractivity contribution < 1.29 is 15.0 Å². The molecule has 16 heavy (non-hydrogen) atoms. The van der Waals surface area contributed by atoms with Crippen LogP contribution in [0.4, 0.5) is 0 Å². The van der Waals surface area contributed by atoms with E-state index in [1.807, 2.05) is 0 Å². The van der Waals surface area contributed by atoms with Crippen LogP contribution in [-0.2, 0) is 0 Å². The van der Waals surface area contributed by atoms with Crippen LogP contribution < -0.4 is 0 Å². The van der Waals surface area contributed by atoms with Crippen LogP contribution in [0.25, 0.3) is 0 Å². The summed E-state index contributed by atoms with van der Waals surface area (Å²) in [5.74, 6) is -0.457. The standard InChI is InChI=1S/C10H9BrClNO3/c11-8-2-5(12)1-7(9(8)15)10(16)13-3-6(14)4-13/h1-2,6,14-15H,3-4H2. The van der Waals surface area contributed by atoms with E-state index in [0.717, 1.165) is 0 Å². The molecule has 2 rings (SSSR count). The second-order valence-electron chi connectivity index (χ2n) is 3.65. The van der Waals surface area contributed by atoms with Crippen molar-refractivity contribution in [2.75, 3.05) is 13.1 Å². The molecule has 0 bridgehead atoms. The predicted octanol–water partition coefficient (Wildman–Crippen LogP) is 1.62. The molecule has 1 amide bonds. The molecule has 1 aliphatic rings. The number of carbonyl (C=O) groups is 1. The van der Waals surface area contributed by atoms with Crippen LogP contribution in [0, 0.1) is 0 Å². The topological polar surface area (TPSA) is 60.8 Å². The molecule has 2 N–H and O–H groups in total. The lowest BCUT2D eigenvalue weighted by molar-refractivity contribution is 0.00570. The Morgan fingerprint density at radius 1 is 1.50 bits per heavy atom. The molecule has 0 unspecified atom stereocenters. The molecule has 1 saturated heterocycles. The van der Waals surface area contributed by atoms with Gasteiger partial charge in [0.1, 0.15) is 5.75 Å². The van der Waals surface area contributed by atoms with Gasteiger partial charge in [-0.1, -0.05) is 11.6 Å². The lowest BCUT2D eigenvalue weighted by Crippen LogP contribution is -2.53. The number of halogens is 2. The molecular formula is C10H9BrClNO3. The SMILES string of the molecule is O=C(c1cc(Cl)cc(Br)c1O)N1CC(O)C1. The first-order valence-electron chi connectivity index (χ1n) is 4.64. The Kier molecular flexibility index (Phi) is 3.10. The third kappa shape index (κ3) is 2.03. The van der Waals surface area contributed by atoms with Crippen molar-refractivity contribution in [3.05, 3.63) is 27.2 Å². The predicted molar refractivity (Wildman–Crippen MR) is 62.7 cm³/mol. The van der Waals surface area contributed by atoms with Gasteiger partial charge in [0.25, 0.3) is 5.91 Å². The van der Waals surface area contributed by atoms with Crippen molar-refractivity contribution in [3.63, 3.8) is 0 Å². The fourth-order valence-corrected chi connectivity index (χ4v) is 2.33. The van der Waals surface area contributed by atoms with E-state index in [4.69, 9.17) is 16.7 Å². The minimum absolute atomic E-state index is 0.129. The summed E-state index contributed by atoms with van der Waals surface area (Å²) >= 11 is 8.91. The van der Waals surface area contributed by atoms with Gasteiger partial charge in [-0.3, -0.25) is 4.79 Å². The zero-order chi connectivity index (χ0) is 11.9. The highest BCUT2D eigenvalue weighted by molar-refractivity contribution is 9.10. The van der Waals surface area contributed by atoms with Crippen LogP contribution in [-0.4, -0.2) is 40.2 Å². The number of phenolic OH excluding ortho intramolecular Hbond substituents is 1. The number of nitrogens with zero attached hydrogens (tertiary/aromatic N) is 1. The summed E-state index contributed by atoms with van der Waals surface area (Å²) < 4.78 is 0.379. The molecule has 0 saturated carbocycles. The Hall–Kier alpha value is -0.780. The Bertz CT molecular complexity index is 446. The molecule has 0 aliphatic carbocycles. The van der Waals surface area contributed by atoms with Gasteiger partial charge in [0.15, 0.2) is 0 Å². The Morgan fingerprint density at radius 3 is 2.69 bits per heavy atom. The molecule has 4 nitrogen and oxygen atoms in total. The molecule has 0 atom stereocenters. The van der Waals surface area contributed by atoms with E-state index < -0.39 is 6.10 Å². The monoisotopic (exact) mass is 305 g/mol. The molecule has 6 heteroatoms. The average Bonchev–Trinajstić information content (AvgIpc) is 2.18. The zero-order valence-corrected chi connectivity index (χ0v) is 10.5. The van der Waals surface area contributed by atoms with Crippen LogP contribution >= 0.6 is 27.5 Å². The number of carbonyl (C=O) groups excluding carboxylic acids is 1. The number of rotatable bonds is 1. The minimum atomic E-state index is -0.464. The highest BCUT2D eigenvalue weighted by Gasteiger charge is 2.31. The summed E-state index contributed by atoms with van der Waals surface area (Å²) in [5, 5.41) is 19.2. The van der Waals surface area contributed by atoms with Crippen molar-refractivity contribution >= 4 is 33.4 Å². The highest BCUT2D eigenvalue weighted by Crippen LogP contribution is 2.32. The number of hydrogen-bond donors (Lipinski definition) is 2. The van der Waals surface area contributed by atoms with Gasteiger partial charge in [-0.25, -0.2) is 0 Å². The largest absolute Gasteiger partial charge is 0.506 e. The lowest BCUT2D eigenvalue weighted by Gasteiger charge is -2.36. The Labute approximate surface area is 106 Å². The summed E-state index contributed by atoms with van der Waals surface area (Å²) in [5.41, 5.74) is 0.145. The third-order valence-corrected chi connectivity index (χ3v) is 3.23. The first-order chi connectivity index (χ1) is 7.49. The molecule has 1 aliphatic heterocycles. The van der Waals surface area contributed by atoms with E-state index in [0.29, 0.717) is 22.6 Å². The average molecular weight is 307 g/mol. The number of β-amino-alcohol motifs (C(OH)–C–C–N with tert-alkyl or cyclic N) is 1. The quantitative estimate of drug-likeness (QED) is 0.829. The van der Waals surface area contributed by atoms with E-state index in [1.165, 1.54) is 17.0 Å². The molecule has 1 fully saturated rings. The molecule has 86 valence electrons. The maximum atomic E-state index is 11.9. The van der Waals surface area contributed by atoms with Crippen LogP contribution in [0.3, 0.4) is 0 Å². The number of aliphatic hydroxyl groups excluding tert-OH is 1. The Balaban J connectivity index is 2.29. The number of amides is 1. The van der Waals surface area contributed by atoms with Crippen LogP contribution in [0.15, 0.2) is 16.6 Å². The first kappa shape index (κ1) is 11.7. The van der Waals surface area contributed by atoms with Gasteiger partial charge < -0.3 is 15.1 Å². The van der Waals surface area contributed by atoms with Gasteiger partial charge in [-0.05, 0) is 28.1 Å². The van der Waals surface area contributed by atoms with Gasteiger partial charge in [0.2, 0.25) is 0 Å². The van der Waals surface area contributed by atoms with Crippen molar-refractivity contribution in [2.45, 2.75) is 6.10 Å². The van der Waals surface area contributed by atoms with E-state index in [-0.39, 0.29) is 17.2 Å². The van der Waals surface area contributed by atoms with Crippen molar-refractivity contribution in [1.29, 1.82) is 0 Å². The maximum absolute atomic E-state index is 11.9. The van der Waals surface area contributed by atoms with E-state index in [2.05, 4.69) is 15.9 Å². The minimum Gasteiger partial charge on any atom is -0.506 e. The lowest BCUT2D eigenvalue weighted by atomic mass is 10.1. The Morgan fingerprint density at radius 2 is 2.12 bits per heavy atom. The summed E-state index contributed by atoms with van der Waals surface area (Å²) in [7, 11) is 0. The van der Waals surface area contributed by atoms with Gasteiger partial charge in [-0.15, -0.1) is 0 Å². The van der Waals surface area contributed by atoms with Crippen molar-refractivity contribution in [3.8, 4) is 5.75 Å². The van der Waals surface area contributed by atoms with Gasteiger partial charge in [0.05, 0.1) is 16.1 Å². The fourth-order valence-electron chi connectivity index (χ4n) is 1.52. The van der Waals surface area contributed by atoms with Crippen molar-refractivity contribution in [2.24, 2.45) is 0 Å². The summed E-state index contributed by atoms with van der Waals surface area (Å²) in [4.78, 5) is 13.3. The van der Waals surface area contributed by atoms with E-state index in [9.17, 15) is 9.90 Å². The maximum Gasteiger partial charge on any atom is 0.257 e. The number of aliphatic hydroxyl groups is 1. The van der Waals surface area contributed by atoms with Crippen LogP contribution in [0.5, 0.6) is 5.75 Å². The van der Waals surface area contributed by atoms with Gasteiger partial charge in [-0.2, -0.15) is 0 Å². The van der Waals surface area contributed by atoms with Crippen molar-refractivity contribution in [1.82, 2.24) is 4.90 Å². The van der Waals surface area contributed by atoms with Gasteiger partial charge in [0, 0.05) is 18.1 Å². The molecule has 0 radical (unpaired) electrons. The molecular weight excluding hydrogens is 297 g/mol. The summed E-state index contributed by atoms with van der Waals surface area (Å²) in [6.45, 7) is 0.588. The first-order valence-corrected chi connectivity index (χ1v) is 5.81. The molecule has 1 aromatic rings. The highest BCUT2D eigenvalue weighted by atomic mass is 79.9.